The summed E-state index contributed by atoms with van der Waals surface area (Å²) in [5.74, 6) is 0.914. The van der Waals surface area contributed by atoms with Crippen molar-refractivity contribution in [3.8, 4) is 0 Å². The first-order chi connectivity index (χ1) is 8.25. The molecule has 0 heterocycles. The molecule has 0 aliphatic heterocycles. The maximum atomic E-state index is 6.43. The number of rotatable bonds is 4. The maximum Gasteiger partial charge on any atom is 0.0585 e. The van der Waals surface area contributed by atoms with Crippen LogP contribution in [0.2, 0.25) is 5.02 Å². The monoisotopic (exact) mass is 270 g/mol. The third-order valence-corrected chi connectivity index (χ3v) is 4.51. The predicted molar refractivity (Wildman–Crippen MR) is 75.9 cm³/mol. The van der Waals surface area contributed by atoms with Crippen molar-refractivity contribution in [1.29, 1.82) is 0 Å². The van der Waals surface area contributed by atoms with E-state index < -0.39 is 0 Å². The summed E-state index contributed by atoms with van der Waals surface area (Å²) in [5, 5.41) is 0.930. The minimum Gasteiger partial charge on any atom is -0.118 e. The Kier molecular flexibility index (Phi) is 5.18. The van der Waals surface area contributed by atoms with E-state index in [0.29, 0.717) is 0 Å². The average Bonchev–Trinajstić information content (AvgIpc) is 2.38. The molecular formula is C15H20Cl2. The van der Waals surface area contributed by atoms with E-state index in [1.165, 1.54) is 44.1 Å². The van der Waals surface area contributed by atoms with Crippen LogP contribution >= 0.6 is 23.2 Å². The Morgan fingerprint density at radius 1 is 1.06 bits per heavy atom. The van der Waals surface area contributed by atoms with Gasteiger partial charge in [0.15, 0.2) is 0 Å². The van der Waals surface area contributed by atoms with Crippen molar-refractivity contribution in [2.24, 2.45) is 5.92 Å². The quantitative estimate of drug-likeness (QED) is 0.591. The van der Waals surface area contributed by atoms with Crippen LogP contribution in [0.3, 0.4) is 0 Å². The van der Waals surface area contributed by atoms with Crippen LogP contribution in [0.1, 0.15) is 55.9 Å². The second kappa shape index (κ2) is 6.66. The Balaban J connectivity index is 1.80. The van der Waals surface area contributed by atoms with Crippen LogP contribution in [0.25, 0.3) is 0 Å². The molecule has 0 saturated heterocycles. The summed E-state index contributed by atoms with van der Waals surface area (Å²) in [6.45, 7) is 0. The summed E-state index contributed by atoms with van der Waals surface area (Å²) < 4.78 is 0. The third kappa shape index (κ3) is 4.19. The number of hydrogen-bond acceptors (Lipinski definition) is 0. The second-order valence-corrected chi connectivity index (χ2v) is 6.06. The molecule has 2 rings (SSSR count). The Hall–Kier alpha value is -0.200. The molecule has 0 radical (unpaired) electrons. The van der Waals surface area contributed by atoms with Gasteiger partial charge in [-0.25, -0.2) is 0 Å². The van der Waals surface area contributed by atoms with Crippen molar-refractivity contribution in [3.63, 3.8) is 0 Å². The Morgan fingerprint density at radius 2 is 1.71 bits per heavy atom. The van der Waals surface area contributed by atoms with Crippen molar-refractivity contribution in [2.75, 3.05) is 0 Å². The first-order valence-corrected chi connectivity index (χ1v) is 7.46. The molecule has 1 unspecified atom stereocenters. The van der Waals surface area contributed by atoms with Crippen LogP contribution in [0.4, 0.5) is 0 Å². The zero-order chi connectivity index (χ0) is 12.1. The molecule has 1 aliphatic carbocycles. The highest BCUT2D eigenvalue weighted by molar-refractivity contribution is 6.30. The lowest BCUT2D eigenvalue weighted by Crippen LogP contribution is -2.07. The van der Waals surface area contributed by atoms with E-state index in [4.69, 9.17) is 23.2 Å². The molecule has 0 bridgehead atoms. The van der Waals surface area contributed by atoms with Crippen molar-refractivity contribution < 1.29 is 0 Å². The lowest BCUT2D eigenvalue weighted by atomic mass is 9.85. The second-order valence-electron chi connectivity index (χ2n) is 5.10. The van der Waals surface area contributed by atoms with E-state index in [1.54, 1.807) is 0 Å². The predicted octanol–water partition coefficient (Wildman–Crippen LogP) is 5.98. The fourth-order valence-corrected chi connectivity index (χ4v) is 3.09. The maximum absolute atomic E-state index is 6.43. The SMILES string of the molecule is Clc1ccc(C(Cl)CCC2CCCCC2)cc1. The third-order valence-electron chi connectivity index (χ3n) is 3.78. The Morgan fingerprint density at radius 3 is 2.35 bits per heavy atom. The summed E-state index contributed by atoms with van der Waals surface area (Å²) in [6.07, 6.45) is 9.44. The number of alkyl halides is 1. The van der Waals surface area contributed by atoms with Gasteiger partial charge in [-0.2, -0.15) is 0 Å². The highest BCUT2D eigenvalue weighted by atomic mass is 35.5. The van der Waals surface area contributed by atoms with Gasteiger partial charge in [-0.1, -0.05) is 55.8 Å². The van der Waals surface area contributed by atoms with Crippen molar-refractivity contribution in [2.45, 2.75) is 50.3 Å². The van der Waals surface area contributed by atoms with Gasteiger partial charge in [0, 0.05) is 5.02 Å². The van der Waals surface area contributed by atoms with Crippen LogP contribution in [-0.2, 0) is 0 Å². The molecule has 94 valence electrons. The van der Waals surface area contributed by atoms with Gasteiger partial charge in [-0.3, -0.25) is 0 Å². The molecule has 0 amide bonds. The minimum atomic E-state index is 0.147. The van der Waals surface area contributed by atoms with E-state index in [9.17, 15) is 0 Å². The standard InChI is InChI=1S/C15H20Cl2/c16-14-9-7-13(8-10-14)15(17)11-6-12-4-2-1-3-5-12/h7-10,12,15H,1-6,11H2. The van der Waals surface area contributed by atoms with Gasteiger partial charge in [-0.05, 0) is 36.5 Å². The van der Waals surface area contributed by atoms with E-state index in [2.05, 4.69) is 0 Å². The molecule has 1 fully saturated rings. The van der Waals surface area contributed by atoms with Gasteiger partial charge in [0.25, 0.3) is 0 Å². The van der Waals surface area contributed by atoms with E-state index in [1.807, 2.05) is 24.3 Å². The lowest BCUT2D eigenvalue weighted by Gasteiger charge is -2.22. The highest BCUT2D eigenvalue weighted by Gasteiger charge is 2.15. The Bertz CT molecular complexity index is 325. The molecule has 0 nitrogen and oxygen atoms in total. The molecular weight excluding hydrogens is 251 g/mol. The summed E-state index contributed by atoms with van der Waals surface area (Å²) in [7, 11) is 0. The largest absolute Gasteiger partial charge is 0.118 e. The number of halogens is 2. The average molecular weight is 271 g/mol. The van der Waals surface area contributed by atoms with Crippen LogP contribution in [0.5, 0.6) is 0 Å². The van der Waals surface area contributed by atoms with Gasteiger partial charge in [-0.15, -0.1) is 11.6 Å². The smallest absolute Gasteiger partial charge is 0.0585 e. The van der Waals surface area contributed by atoms with Gasteiger partial charge >= 0.3 is 0 Å². The first kappa shape index (κ1) is 13.2. The molecule has 0 aromatic heterocycles. The number of hydrogen-bond donors (Lipinski definition) is 0. The normalized spacial score (nSPS) is 19.2. The highest BCUT2D eigenvalue weighted by Crippen LogP contribution is 2.33. The van der Waals surface area contributed by atoms with Crippen LogP contribution < -0.4 is 0 Å². The summed E-state index contributed by atoms with van der Waals surface area (Å²) in [6, 6.07) is 7.93. The fraction of sp³-hybridized carbons (Fsp3) is 0.600. The molecule has 2 heteroatoms. The van der Waals surface area contributed by atoms with Crippen LogP contribution in [-0.4, -0.2) is 0 Å². The van der Waals surface area contributed by atoms with Crippen molar-refractivity contribution in [1.82, 2.24) is 0 Å². The molecule has 1 aromatic carbocycles. The van der Waals surface area contributed by atoms with Crippen LogP contribution in [0.15, 0.2) is 24.3 Å². The van der Waals surface area contributed by atoms with Gasteiger partial charge < -0.3 is 0 Å². The van der Waals surface area contributed by atoms with E-state index in [-0.39, 0.29) is 5.38 Å². The molecule has 17 heavy (non-hydrogen) atoms. The zero-order valence-corrected chi connectivity index (χ0v) is 11.7. The molecule has 1 aromatic rings. The van der Waals surface area contributed by atoms with Crippen molar-refractivity contribution >= 4 is 23.2 Å². The van der Waals surface area contributed by atoms with Gasteiger partial charge in [0.05, 0.1) is 5.38 Å². The molecule has 1 atom stereocenters. The van der Waals surface area contributed by atoms with E-state index >= 15 is 0 Å². The summed E-state index contributed by atoms with van der Waals surface area (Å²) in [4.78, 5) is 0. The number of benzene rings is 1. The molecule has 1 aliphatic rings. The summed E-state index contributed by atoms with van der Waals surface area (Å²) >= 11 is 12.3. The Labute approximate surface area is 114 Å². The fourth-order valence-electron chi connectivity index (χ4n) is 2.70. The van der Waals surface area contributed by atoms with E-state index in [0.717, 1.165) is 17.4 Å². The first-order valence-electron chi connectivity index (χ1n) is 6.65. The molecule has 1 saturated carbocycles. The molecule has 0 spiro atoms. The van der Waals surface area contributed by atoms with Gasteiger partial charge in [0.2, 0.25) is 0 Å². The summed E-state index contributed by atoms with van der Waals surface area (Å²) in [5.41, 5.74) is 1.20. The molecule has 0 N–H and O–H groups in total. The van der Waals surface area contributed by atoms with Gasteiger partial charge in [0.1, 0.15) is 0 Å². The minimum absolute atomic E-state index is 0.147. The van der Waals surface area contributed by atoms with Crippen molar-refractivity contribution in [3.05, 3.63) is 34.9 Å². The topological polar surface area (TPSA) is 0 Å². The van der Waals surface area contributed by atoms with Crippen LogP contribution in [0, 0.1) is 5.92 Å². The lowest BCUT2D eigenvalue weighted by molar-refractivity contribution is 0.331. The zero-order valence-electron chi connectivity index (χ0n) is 10.2.